The molecule has 0 heterocycles. The Bertz CT molecular complexity index is 622. The van der Waals surface area contributed by atoms with Crippen LogP contribution in [-0.2, 0) is 23.8 Å². The minimum absolute atomic E-state index is 0.0637. The topological polar surface area (TPSA) is 69.7 Å². The monoisotopic (exact) mass is 370 g/mol. The predicted octanol–water partition coefficient (Wildman–Crippen LogP) is 3.83. The Morgan fingerprint density at radius 1 is 1.38 bits per heavy atom. The van der Waals surface area contributed by atoms with E-state index in [1.807, 2.05) is 0 Å². The zero-order valence-electron chi connectivity index (χ0n) is 13.6. The van der Waals surface area contributed by atoms with Crippen molar-refractivity contribution in [3.05, 3.63) is 24.0 Å². The van der Waals surface area contributed by atoms with Crippen molar-refractivity contribution in [1.29, 1.82) is 0 Å². The van der Waals surface area contributed by atoms with Crippen molar-refractivity contribution in [1.82, 2.24) is 0 Å². The van der Waals surface area contributed by atoms with Crippen molar-refractivity contribution in [2.75, 3.05) is 7.11 Å². The lowest BCUT2D eigenvalue weighted by Crippen LogP contribution is -2.38. The van der Waals surface area contributed by atoms with Gasteiger partial charge in [0.25, 0.3) is 0 Å². The minimum atomic E-state index is -5.86. The van der Waals surface area contributed by atoms with Gasteiger partial charge in [-0.15, -0.1) is 6.58 Å². The average molecular weight is 370 g/mol. The fourth-order valence-electron chi connectivity index (χ4n) is 2.58. The Morgan fingerprint density at radius 3 is 2.50 bits per heavy atom. The number of carbonyl (C=O) groups excluding carboxylic acids is 1. The molecule has 0 amide bonds. The molecule has 1 aliphatic carbocycles. The van der Waals surface area contributed by atoms with Crippen LogP contribution in [0.3, 0.4) is 0 Å². The molecule has 1 atom stereocenters. The molecule has 1 aliphatic rings. The van der Waals surface area contributed by atoms with Gasteiger partial charge in [-0.1, -0.05) is 12.0 Å². The fraction of sp³-hybridized carbons (Fsp3) is 0.667. The maximum atomic E-state index is 12.7. The van der Waals surface area contributed by atoms with Crippen LogP contribution in [0, 0.1) is 5.41 Å². The second-order valence-corrected chi connectivity index (χ2v) is 7.37. The second-order valence-electron chi connectivity index (χ2n) is 5.83. The van der Waals surface area contributed by atoms with E-state index in [1.165, 1.54) is 6.08 Å². The first kappa shape index (κ1) is 20.5. The molecule has 138 valence electrons. The first-order chi connectivity index (χ1) is 11.0. The Balaban J connectivity index is 3.34. The van der Waals surface area contributed by atoms with E-state index in [0.29, 0.717) is 31.3 Å². The largest absolute Gasteiger partial charge is 0.534 e. The third-order valence-corrected chi connectivity index (χ3v) is 4.86. The van der Waals surface area contributed by atoms with Gasteiger partial charge in [0.15, 0.2) is 0 Å². The van der Waals surface area contributed by atoms with E-state index in [2.05, 4.69) is 10.8 Å². The van der Waals surface area contributed by atoms with Gasteiger partial charge in [-0.2, -0.15) is 21.6 Å². The van der Waals surface area contributed by atoms with Crippen molar-refractivity contribution in [3.63, 3.8) is 0 Å². The van der Waals surface area contributed by atoms with Crippen LogP contribution in [0.2, 0.25) is 0 Å². The highest BCUT2D eigenvalue weighted by Crippen LogP contribution is 2.45. The van der Waals surface area contributed by atoms with E-state index >= 15 is 0 Å². The van der Waals surface area contributed by atoms with Crippen LogP contribution in [0.15, 0.2) is 24.0 Å². The maximum absolute atomic E-state index is 12.7. The highest BCUT2D eigenvalue weighted by molar-refractivity contribution is 7.87. The first-order valence-corrected chi connectivity index (χ1v) is 8.81. The Kier molecular flexibility index (Phi) is 6.49. The fourth-order valence-corrected chi connectivity index (χ4v) is 3.14. The summed E-state index contributed by atoms with van der Waals surface area (Å²) in [4.78, 5) is 12.4. The number of methoxy groups -OCH3 is 1. The van der Waals surface area contributed by atoms with Crippen molar-refractivity contribution in [3.8, 4) is 0 Å². The molecule has 0 saturated heterocycles. The molecule has 0 N–H and O–H groups in total. The predicted molar refractivity (Wildman–Crippen MR) is 81.1 cm³/mol. The Labute approximate surface area is 139 Å². The van der Waals surface area contributed by atoms with Gasteiger partial charge in [0.05, 0.1) is 7.11 Å². The molecular weight excluding hydrogens is 349 g/mol. The smallest absolute Gasteiger partial charge is 0.468 e. The third kappa shape index (κ3) is 4.52. The number of hydrogen-bond donors (Lipinski definition) is 0. The first-order valence-electron chi connectivity index (χ1n) is 7.40. The molecule has 1 rings (SSSR count). The zero-order valence-corrected chi connectivity index (χ0v) is 14.4. The molecular formula is C15H21F3O5S. The van der Waals surface area contributed by atoms with Crippen molar-refractivity contribution in [2.45, 2.75) is 51.0 Å². The summed E-state index contributed by atoms with van der Waals surface area (Å²) >= 11 is 0. The van der Waals surface area contributed by atoms with Gasteiger partial charge in [0.2, 0.25) is 0 Å². The lowest BCUT2D eigenvalue weighted by Gasteiger charge is -2.32. The summed E-state index contributed by atoms with van der Waals surface area (Å²) in [7, 11) is -4.76. The lowest BCUT2D eigenvalue weighted by atomic mass is 9.77. The normalized spacial score (nSPS) is 22.3. The van der Waals surface area contributed by atoms with Gasteiger partial charge < -0.3 is 8.92 Å². The number of alkyl halides is 3. The second kappa shape index (κ2) is 7.58. The zero-order chi connectivity index (χ0) is 18.6. The number of ether oxygens (including phenoxy) is 1. The summed E-state index contributed by atoms with van der Waals surface area (Å²) in [6, 6.07) is 0. The number of esters is 1. The third-order valence-electron chi connectivity index (χ3n) is 3.90. The minimum Gasteiger partial charge on any atom is -0.468 e. The van der Waals surface area contributed by atoms with E-state index in [-0.39, 0.29) is 12.8 Å². The number of halogens is 3. The molecule has 24 heavy (non-hydrogen) atoms. The van der Waals surface area contributed by atoms with Crippen molar-refractivity contribution < 1.29 is 35.3 Å². The van der Waals surface area contributed by atoms with E-state index < -0.39 is 32.8 Å². The van der Waals surface area contributed by atoms with Crippen molar-refractivity contribution >= 4 is 16.1 Å². The number of rotatable bonds is 6. The number of hydrogen-bond acceptors (Lipinski definition) is 5. The highest BCUT2D eigenvalue weighted by atomic mass is 32.2. The standard InChI is InChI=1S/C15H21F3O5S/c1-11(2)8-10-14(13(19)22-3)9-6-4-5-7-12(14)23-24(20,21)15(16,17)18/h7H,1,4-6,8-10H2,2-3H3. The molecule has 1 unspecified atom stereocenters. The Morgan fingerprint density at radius 2 is 2.00 bits per heavy atom. The number of carbonyl (C=O) groups is 1. The SMILES string of the molecule is C=C(C)CCC1(C(=O)OC)CCCCC=C1OS(=O)(=O)C(F)(F)F. The van der Waals surface area contributed by atoms with Gasteiger partial charge in [0.1, 0.15) is 11.2 Å². The summed E-state index contributed by atoms with van der Waals surface area (Å²) in [5.41, 5.74) is -6.43. The molecule has 0 aliphatic heterocycles. The molecule has 0 aromatic rings. The van der Waals surface area contributed by atoms with Gasteiger partial charge in [0, 0.05) is 0 Å². The van der Waals surface area contributed by atoms with Crippen molar-refractivity contribution in [2.24, 2.45) is 5.41 Å². The van der Waals surface area contributed by atoms with E-state index in [1.54, 1.807) is 6.92 Å². The quantitative estimate of drug-likeness (QED) is 0.308. The molecule has 0 bridgehead atoms. The van der Waals surface area contributed by atoms with Gasteiger partial charge >= 0.3 is 21.6 Å². The van der Waals surface area contributed by atoms with Crippen LogP contribution in [0.25, 0.3) is 0 Å². The Hall–Kier alpha value is -1.51. The molecule has 0 aromatic carbocycles. The van der Waals surface area contributed by atoms with E-state index in [0.717, 1.165) is 7.11 Å². The molecule has 0 saturated carbocycles. The maximum Gasteiger partial charge on any atom is 0.534 e. The van der Waals surface area contributed by atoms with Gasteiger partial charge in [-0.05, 0) is 45.1 Å². The van der Waals surface area contributed by atoms with Crippen LogP contribution >= 0.6 is 0 Å². The van der Waals surface area contributed by atoms with Crippen LogP contribution < -0.4 is 0 Å². The van der Waals surface area contributed by atoms with Gasteiger partial charge in [-0.3, -0.25) is 4.79 Å². The van der Waals surface area contributed by atoms with Crippen LogP contribution in [-0.4, -0.2) is 27.0 Å². The molecule has 0 fully saturated rings. The summed E-state index contributed by atoms with van der Waals surface area (Å²) < 4.78 is 69.9. The average Bonchev–Trinajstić information content (AvgIpc) is 2.66. The molecule has 0 aromatic heterocycles. The summed E-state index contributed by atoms with van der Waals surface area (Å²) in [6.07, 6.45) is 3.22. The highest BCUT2D eigenvalue weighted by Gasteiger charge is 2.53. The summed E-state index contributed by atoms with van der Waals surface area (Å²) in [5.74, 6) is -1.32. The van der Waals surface area contributed by atoms with Crippen LogP contribution in [0.4, 0.5) is 13.2 Å². The van der Waals surface area contributed by atoms with Gasteiger partial charge in [-0.25, -0.2) is 0 Å². The summed E-state index contributed by atoms with van der Waals surface area (Å²) in [5, 5.41) is 0. The molecule has 9 heteroatoms. The molecule has 0 spiro atoms. The van der Waals surface area contributed by atoms with E-state index in [9.17, 15) is 26.4 Å². The van der Waals surface area contributed by atoms with E-state index in [4.69, 9.17) is 4.74 Å². The summed E-state index contributed by atoms with van der Waals surface area (Å²) in [6.45, 7) is 5.41. The van der Waals surface area contributed by atoms with Crippen LogP contribution in [0.1, 0.15) is 45.4 Å². The molecule has 5 nitrogen and oxygen atoms in total. The lowest BCUT2D eigenvalue weighted by molar-refractivity contribution is -0.153. The molecule has 0 radical (unpaired) electrons. The van der Waals surface area contributed by atoms with Crippen LogP contribution in [0.5, 0.6) is 0 Å². The number of allylic oxidation sites excluding steroid dienone is 2.